The van der Waals surface area contributed by atoms with E-state index in [2.05, 4.69) is 10.5 Å². The molecule has 1 rings (SSSR count). The van der Waals surface area contributed by atoms with Crippen molar-refractivity contribution in [1.82, 2.24) is 15.2 Å². The number of amides is 3. The molecular formula is C11H18N4O3. The third-order valence-corrected chi connectivity index (χ3v) is 2.65. The van der Waals surface area contributed by atoms with E-state index in [0.717, 1.165) is 0 Å². The lowest BCUT2D eigenvalue weighted by Crippen LogP contribution is -2.44. The molecule has 1 heterocycles. The number of carbonyl (C=O) groups excluding carboxylic acids is 3. The third kappa shape index (κ3) is 3.54. The molecule has 18 heavy (non-hydrogen) atoms. The summed E-state index contributed by atoms with van der Waals surface area (Å²) in [5, 5.41) is 3.73. The van der Waals surface area contributed by atoms with Crippen LogP contribution in [-0.4, -0.2) is 60.4 Å². The maximum Gasteiger partial charge on any atom is 0.270 e. The summed E-state index contributed by atoms with van der Waals surface area (Å²) in [5.41, 5.74) is 2.57. The number of nitrogens with zero attached hydrogens (tertiary/aromatic N) is 3. The first-order chi connectivity index (χ1) is 8.45. The number of hydrogen-bond donors (Lipinski definition) is 1. The van der Waals surface area contributed by atoms with E-state index in [1.165, 1.54) is 9.80 Å². The van der Waals surface area contributed by atoms with Crippen LogP contribution in [0, 0.1) is 0 Å². The molecule has 0 saturated carbocycles. The van der Waals surface area contributed by atoms with Crippen LogP contribution in [0.15, 0.2) is 5.10 Å². The smallest absolute Gasteiger partial charge is 0.270 e. The largest absolute Gasteiger partial charge is 0.347 e. The Kier molecular flexibility index (Phi) is 4.82. The zero-order chi connectivity index (χ0) is 13.7. The molecule has 0 aromatic rings. The lowest BCUT2D eigenvalue weighted by molar-refractivity contribution is -0.135. The van der Waals surface area contributed by atoms with Gasteiger partial charge >= 0.3 is 0 Å². The predicted octanol–water partition coefficient (Wildman–Crippen LogP) is -0.811. The van der Waals surface area contributed by atoms with Gasteiger partial charge < -0.3 is 9.80 Å². The van der Waals surface area contributed by atoms with Crippen molar-refractivity contribution >= 4 is 23.4 Å². The van der Waals surface area contributed by atoms with Crippen molar-refractivity contribution in [3.05, 3.63) is 0 Å². The number of hydrogen-bond acceptors (Lipinski definition) is 4. The Morgan fingerprint density at radius 1 is 1.33 bits per heavy atom. The van der Waals surface area contributed by atoms with Crippen LogP contribution in [0.1, 0.15) is 19.8 Å². The van der Waals surface area contributed by atoms with Crippen LogP contribution in [0.4, 0.5) is 0 Å². The lowest BCUT2D eigenvalue weighted by atomic mass is 10.1. The van der Waals surface area contributed by atoms with Crippen molar-refractivity contribution in [2.45, 2.75) is 19.8 Å². The van der Waals surface area contributed by atoms with Crippen molar-refractivity contribution in [3.8, 4) is 0 Å². The van der Waals surface area contributed by atoms with Gasteiger partial charge in [-0.15, -0.1) is 0 Å². The van der Waals surface area contributed by atoms with Crippen molar-refractivity contribution in [2.24, 2.45) is 5.10 Å². The molecule has 0 atom stereocenters. The molecule has 1 N–H and O–H groups in total. The van der Waals surface area contributed by atoms with Crippen LogP contribution < -0.4 is 5.43 Å². The Hall–Kier alpha value is -1.92. The van der Waals surface area contributed by atoms with Crippen molar-refractivity contribution in [2.75, 3.05) is 27.2 Å². The Morgan fingerprint density at radius 3 is 2.44 bits per heavy atom. The van der Waals surface area contributed by atoms with Gasteiger partial charge in [-0.3, -0.25) is 14.4 Å². The maximum atomic E-state index is 12.1. The number of hydrazone groups is 1. The summed E-state index contributed by atoms with van der Waals surface area (Å²) in [6.07, 6.45) is 0.571. The summed E-state index contributed by atoms with van der Waals surface area (Å²) in [7, 11) is 3.28. The Morgan fingerprint density at radius 2 is 2.00 bits per heavy atom. The molecule has 0 aromatic carbocycles. The standard InChI is InChI=1S/C11H18N4O3/c1-4-15(7-10(17)14(2)3)11(18)8-5-6-9(16)13-12-8/h4-7H2,1-3H3,(H,13,16). The predicted molar refractivity (Wildman–Crippen MR) is 65.8 cm³/mol. The monoisotopic (exact) mass is 254 g/mol. The lowest BCUT2D eigenvalue weighted by Gasteiger charge is -2.23. The average Bonchev–Trinajstić information content (AvgIpc) is 2.35. The van der Waals surface area contributed by atoms with Gasteiger partial charge in [0.2, 0.25) is 11.8 Å². The minimum absolute atomic E-state index is 0.0231. The summed E-state index contributed by atoms with van der Waals surface area (Å²) in [6, 6.07) is 0. The van der Waals surface area contributed by atoms with E-state index in [4.69, 9.17) is 0 Å². The fourth-order valence-electron chi connectivity index (χ4n) is 1.44. The first-order valence-electron chi connectivity index (χ1n) is 5.80. The van der Waals surface area contributed by atoms with E-state index in [9.17, 15) is 14.4 Å². The fourth-order valence-corrected chi connectivity index (χ4v) is 1.44. The normalized spacial score (nSPS) is 14.6. The molecule has 1 aliphatic rings. The summed E-state index contributed by atoms with van der Waals surface area (Å²) < 4.78 is 0. The summed E-state index contributed by atoms with van der Waals surface area (Å²) >= 11 is 0. The van der Waals surface area contributed by atoms with Gasteiger partial charge in [-0.1, -0.05) is 0 Å². The molecule has 1 aliphatic heterocycles. The summed E-state index contributed by atoms with van der Waals surface area (Å²) in [4.78, 5) is 37.4. The number of likely N-dealkylation sites (N-methyl/N-ethyl adjacent to an activating group) is 2. The molecule has 7 heteroatoms. The highest BCUT2D eigenvalue weighted by molar-refractivity contribution is 6.39. The van der Waals surface area contributed by atoms with E-state index >= 15 is 0 Å². The second-order valence-electron chi connectivity index (χ2n) is 4.20. The van der Waals surface area contributed by atoms with Crippen LogP contribution in [0.3, 0.4) is 0 Å². The van der Waals surface area contributed by atoms with E-state index < -0.39 is 0 Å². The number of carbonyl (C=O) groups is 3. The highest BCUT2D eigenvalue weighted by Gasteiger charge is 2.24. The second kappa shape index (κ2) is 6.13. The zero-order valence-electron chi connectivity index (χ0n) is 10.9. The van der Waals surface area contributed by atoms with Gasteiger partial charge in [-0.05, 0) is 6.92 Å². The highest BCUT2D eigenvalue weighted by atomic mass is 16.2. The minimum atomic E-state index is -0.298. The average molecular weight is 254 g/mol. The Balaban J connectivity index is 2.68. The van der Waals surface area contributed by atoms with Crippen molar-refractivity contribution < 1.29 is 14.4 Å². The molecule has 0 aromatic heterocycles. The number of rotatable bonds is 4. The quantitative estimate of drug-likeness (QED) is 0.712. The molecule has 0 spiro atoms. The van der Waals surface area contributed by atoms with Gasteiger partial charge in [0.25, 0.3) is 5.91 Å². The zero-order valence-corrected chi connectivity index (χ0v) is 10.9. The Bertz CT molecular complexity index is 390. The van der Waals surface area contributed by atoms with E-state index in [-0.39, 0.29) is 30.7 Å². The molecule has 3 amide bonds. The van der Waals surface area contributed by atoms with Crippen LogP contribution >= 0.6 is 0 Å². The SMILES string of the molecule is CCN(CC(=O)N(C)C)C(=O)C1=NNC(=O)CC1. The number of nitrogens with one attached hydrogen (secondary N) is 1. The van der Waals surface area contributed by atoms with Gasteiger partial charge in [-0.25, -0.2) is 5.43 Å². The highest BCUT2D eigenvalue weighted by Crippen LogP contribution is 2.04. The minimum Gasteiger partial charge on any atom is -0.347 e. The fraction of sp³-hybridized carbons (Fsp3) is 0.636. The molecule has 0 bridgehead atoms. The molecule has 0 fully saturated rings. The summed E-state index contributed by atoms with van der Waals surface area (Å²) in [6.45, 7) is 2.24. The van der Waals surface area contributed by atoms with Gasteiger partial charge in [0, 0.05) is 33.5 Å². The topological polar surface area (TPSA) is 82.1 Å². The Labute approximate surface area is 106 Å². The summed E-state index contributed by atoms with van der Waals surface area (Å²) in [5.74, 6) is -0.641. The van der Waals surface area contributed by atoms with Crippen LogP contribution in [0.5, 0.6) is 0 Å². The molecule has 0 aliphatic carbocycles. The van der Waals surface area contributed by atoms with Crippen LogP contribution in [0.2, 0.25) is 0 Å². The van der Waals surface area contributed by atoms with Gasteiger partial charge in [0.15, 0.2) is 0 Å². The van der Waals surface area contributed by atoms with Crippen molar-refractivity contribution in [1.29, 1.82) is 0 Å². The maximum absolute atomic E-state index is 12.1. The molecule has 0 radical (unpaired) electrons. The molecule has 0 unspecified atom stereocenters. The molecule has 100 valence electrons. The second-order valence-corrected chi connectivity index (χ2v) is 4.20. The van der Waals surface area contributed by atoms with Gasteiger partial charge in [-0.2, -0.15) is 5.10 Å². The first-order valence-corrected chi connectivity index (χ1v) is 5.80. The van der Waals surface area contributed by atoms with Gasteiger partial charge in [0.1, 0.15) is 12.3 Å². The third-order valence-electron chi connectivity index (χ3n) is 2.65. The van der Waals surface area contributed by atoms with Gasteiger partial charge in [0.05, 0.1) is 0 Å². The molecular weight excluding hydrogens is 236 g/mol. The molecule has 0 saturated heterocycles. The van der Waals surface area contributed by atoms with Crippen LogP contribution in [0.25, 0.3) is 0 Å². The molecule has 7 nitrogen and oxygen atoms in total. The van der Waals surface area contributed by atoms with E-state index in [1.807, 2.05) is 0 Å². The van der Waals surface area contributed by atoms with Crippen LogP contribution in [-0.2, 0) is 14.4 Å². The first kappa shape index (κ1) is 14.1. The van der Waals surface area contributed by atoms with E-state index in [0.29, 0.717) is 18.7 Å². The van der Waals surface area contributed by atoms with E-state index in [1.54, 1.807) is 21.0 Å². The van der Waals surface area contributed by atoms with Crippen molar-refractivity contribution in [3.63, 3.8) is 0 Å².